The van der Waals surface area contributed by atoms with Crippen molar-refractivity contribution in [3.8, 4) is 17.2 Å². The monoisotopic (exact) mass is 402 g/mol. The number of carbonyl (C=O) groups is 2. The van der Waals surface area contributed by atoms with Crippen LogP contribution in [-0.2, 0) is 11.3 Å². The molecule has 0 spiro atoms. The van der Waals surface area contributed by atoms with Gasteiger partial charge in [-0.25, -0.2) is 9.97 Å². The summed E-state index contributed by atoms with van der Waals surface area (Å²) in [5.41, 5.74) is 3.30. The number of Topliss-reactive ketones (excluding diaryl/α,β-unsaturated/α-hetero) is 1. The zero-order chi connectivity index (χ0) is 21.3. The Hall–Kier alpha value is -3.96. The first-order chi connectivity index (χ1) is 14.6. The molecule has 0 radical (unpaired) electrons. The smallest absolute Gasteiger partial charge is 0.238 e. The van der Waals surface area contributed by atoms with Crippen molar-refractivity contribution in [1.82, 2.24) is 20.3 Å². The van der Waals surface area contributed by atoms with Crippen molar-refractivity contribution in [3.63, 3.8) is 0 Å². The van der Waals surface area contributed by atoms with E-state index in [1.165, 1.54) is 6.33 Å². The summed E-state index contributed by atoms with van der Waals surface area (Å²) in [5, 5.41) is 14.9. The molecule has 2 heterocycles. The molecule has 2 N–H and O–H groups in total. The number of hydrogen-bond donors (Lipinski definition) is 2. The van der Waals surface area contributed by atoms with E-state index < -0.39 is 0 Å². The highest BCUT2D eigenvalue weighted by Gasteiger charge is 2.15. The Labute approximate surface area is 175 Å². The Morgan fingerprint density at radius 1 is 1.17 bits per heavy atom. The van der Waals surface area contributed by atoms with E-state index in [9.17, 15) is 9.59 Å². The average Bonchev–Trinajstić information content (AvgIpc) is 2.79. The van der Waals surface area contributed by atoms with Crippen molar-refractivity contribution in [3.05, 3.63) is 72.1 Å². The number of carbonyl (C=O) groups excluding carboxylic acids is 2. The van der Waals surface area contributed by atoms with Crippen molar-refractivity contribution < 1.29 is 11.0 Å². The molecule has 152 valence electrons. The number of anilines is 1. The van der Waals surface area contributed by atoms with Crippen LogP contribution in [-0.4, -0.2) is 33.2 Å². The fourth-order valence-electron chi connectivity index (χ4n) is 2.80. The molecule has 2 aromatic heterocycles. The lowest BCUT2D eigenvalue weighted by Gasteiger charge is -2.12. The molecule has 0 unspecified atom stereocenters. The molecule has 0 aliphatic heterocycles. The topological polar surface area (TPSA) is 121 Å². The van der Waals surface area contributed by atoms with Crippen LogP contribution in [0.4, 0.5) is 5.69 Å². The maximum atomic E-state index is 12.4. The minimum absolute atomic E-state index is 0. The predicted octanol–water partition coefficient (Wildman–Crippen LogP) is 2.98. The third-order valence-corrected chi connectivity index (χ3v) is 4.31. The highest BCUT2D eigenvalue weighted by atomic mass is 16.2. The Balaban J connectivity index is 0.00000341. The Kier molecular flexibility index (Phi) is 6.92. The lowest BCUT2D eigenvalue weighted by Crippen LogP contribution is -2.28. The Morgan fingerprint density at radius 2 is 2.03 bits per heavy atom. The molecule has 0 aliphatic carbocycles. The van der Waals surface area contributed by atoms with E-state index in [2.05, 4.69) is 31.7 Å². The van der Waals surface area contributed by atoms with Crippen LogP contribution in [0.3, 0.4) is 0 Å². The maximum Gasteiger partial charge on any atom is 0.238 e. The molecular weight excluding hydrogens is 380 g/mol. The molecule has 0 aliphatic rings. The molecule has 0 fully saturated rings. The summed E-state index contributed by atoms with van der Waals surface area (Å²) >= 11 is 0. The van der Waals surface area contributed by atoms with Crippen LogP contribution >= 0.6 is 0 Å². The minimum Gasteiger partial charge on any atom is -0.323 e. The largest absolute Gasteiger partial charge is 0.323 e. The number of nitrogens with one attached hydrogen (secondary N) is 2. The van der Waals surface area contributed by atoms with Crippen LogP contribution in [0.2, 0.25) is 0 Å². The first kappa shape index (κ1) is 20.8. The van der Waals surface area contributed by atoms with Crippen molar-refractivity contribution in [2.75, 3.05) is 11.9 Å². The third-order valence-electron chi connectivity index (χ3n) is 4.31. The molecule has 0 saturated heterocycles. The fourth-order valence-corrected chi connectivity index (χ4v) is 2.80. The first-order valence-corrected chi connectivity index (χ1v) is 9.40. The molecule has 1 aromatic carbocycles. The number of benzene rings is 1. The second-order valence-corrected chi connectivity index (χ2v) is 6.44. The van der Waals surface area contributed by atoms with Crippen molar-refractivity contribution in [1.29, 1.82) is 5.26 Å². The van der Waals surface area contributed by atoms with Crippen LogP contribution in [0, 0.1) is 11.3 Å². The second kappa shape index (κ2) is 10.0. The molecule has 8 nitrogen and oxygen atoms in total. The van der Waals surface area contributed by atoms with Gasteiger partial charge in [0.05, 0.1) is 29.6 Å². The zero-order valence-corrected chi connectivity index (χ0v) is 16.4. The van der Waals surface area contributed by atoms with Gasteiger partial charge in [0.15, 0.2) is 5.78 Å². The van der Waals surface area contributed by atoms with E-state index in [-0.39, 0.29) is 31.8 Å². The molecular formula is C22H22N6O2. The van der Waals surface area contributed by atoms with E-state index in [1.54, 1.807) is 49.6 Å². The van der Waals surface area contributed by atoms with Gasteiger partial charge in [-0.3, -0.25) is 14.6 Å². The molecule has 0 atom stereocenters. The summed E-state index contributed by atoms with van der Waals surface area (Å²) in [5.74, 6) is -0.476. The van der Waals surface area contributed by atoms with Crippen LogP contribution in [0.15, 0.2) is 55.1 Å². The van der Waals surface area contributed by atoms with Gasteiger partial charge in [-0.2, -0.15) is 5.26 Å². The molecule has 30 heavy (non-hydrogen) atoms. The van der Waals surface area contributed by atoms with Crippen molar-refractivity contribution in [2.45, 2.75) is 19.9 Å². The van der Waals surface area contributed by atoms with Gasteiger partial charge in [0.25, 0.3) is 0 Å². The zero-order valence-electron chi connectivity index (χ0n) is 16.4. The first-order valence-electron chi connectivity index (χ1n) is 9.40. The number of nitriles is 1. The molecule has 1 amide bonds. The highest BCUT2D eigenvalue weighted by Crippen LogP contribution is 2.25. The highest BCUT2D eigenvalue weighted by molar-refractivity contribution is 6.04. The predicted molar refractivity (Wildman–Crippen MR) is 113 cm³/mol. The molecule has 0 saturated carbocycles. The van der Waals surface area contributed by atoms with E-state index >= 15 is 0 Å². The summed E-state index contributed by atoms with van der Waals surface area (Å²) < 4.78 is 0. The van der Waals surface area contributed by atoms with Crippen LogP contribution in [0.1, 0.15) is 36.5 Å². The maximum absolute atomic E-state index is 12.4. The lowest BCUT2D eigenvalue weighted by atomic mass is 10.0. The molecule has 3 aromatic rings. The molecule has 8 heteroatoms. The molecule has 0 bridgehead atoms. The standard InChI is InChI=1S/C22H20N6O2.H2/c1-2-20(29)22-19(28-21(30)13-25-12-18-6-7-24-14-27-18)9-17(11-26-22)16-5-3-4-15(8-16)10-23;/h3-9,11,14,25H,2,12-13H2,1H3,(H,28,30);1H. The fraction of sp³-hybridized carbons (Fsp3) is 0.182. The number of pyridine rings is 1. The number of hydrogen-bond acceptors (Lipinski definition) is 7. The van der Waals surface area contributed by atoms with Gasteiger partial charge in [0, 0.05) is 32.3 Å². The minimum atomic E-state index is -0.307. The Morgan fingerprint density at radius 3 is 2.77 bits per heavy atom. The van der Waals surface area contributed by atoms with E-state index in [0.717, 1.165) is 11.3 Å². The number of amides is 1. The van der Waals surface area contributed by atoms with E-state index in [0.29, 0.717) is 23.4 Å². The lowest BCUT2D eigenvalue weighted by molar-refractivity contribution is -0.115. The van der Waals surface area contributed by atoms with Crippen molar-refractivity contribution in [2.24, 2.45) is 0 Å². The van der Waals surface area contributed by atoms with Gasteiger partial charge in [-0.15, -0.1) is 0 Å². The van der Waals surface area contributed by atoms with Crippen LogP contribution in [0.5, 0.6) is 0 Å². The van der Waals surface area contributed by atoms with Gasteiger partial charge in [-0.1, -0.05) is 19.1 Å². The van der Waals surface area contributed by atoms with Gasteiger partial charge in [0.2, 0.25) is 5.91 Å². The number of ketones is 1. The van der Waals surface area contributed by atoms with E-state index in [4.69, 9.17) is 5.26 Å². The number of nitrogens with zero attached hydrogens (tertiary/aromatic N) is 4. The summed E-state index contributed by atoms with van der Waals surface area (Å²) in [7, 11) is 0. The van der Waals surface area contributed by atoms with Crippen molar-refractivity contribution >= 4 is 17.4 Å². The summed E-state index contributed by atoms with van der Waals surface area (Å²) in [6, 6.07) is 12.6. The third kappa shape index (κ3) is 5.31. The summed E-state index contributed by atoms with van der Waals surface area (Å²) in [6.07, 6.45) is 4.91. The van der Waals surface area contributed by atoms with Gasteiger partial charge < -0.3 is 10.6 Å². The average molecular weight is 402 g/mol. The van der Waals surface area contributed by atoms with Crippen LogP contribution in [0.25, 0.3) is 11.1 Å². The van der Waals surface area contributed by atoms with Gasteiger partial charge >= 0.3 is 0 Å². The quantitative estimate of drug-likeness (QED) is 0.556. The van der Waals surface area contributed by atoms with E-state index in [1.807, 2.05) is 6.07 Å². The number of rotatable bonds is 8. The Bertz CT molecular complexity index is 1100. The second-order valence-electron chi connectivity index (χ2n) is 6.44. The summed E-state index contributed by atoms with van der Waals surface area (Å²) in [6.45, 7) is 2.19. The SMILES string of the molecule is CCC(=O)c1ncc(-c2cccc(C#N)c2)cc1NC(=O)CNCc1ccncn1.[HH]. The normalized spacial score (nSPS) is 10.3. The number of aromatic nitrogens is 3. The van der Waals surface area contributed by atoms with Gasteiger partial charge in [-0.05, 0) is 29.8 Å². The van der Waals surface area contributed by atoms with Crippen LogP contribution < -0.4 is 10.6 Å². The summed E-state index contributed by atoms with van der Waals surface area (Å²) in [4.78, 5) is 36.9. The molecule has 3 rings (SSSR count). The van der Waals surface area contributed by atoms with Gasteiger partial charge in [0.1, 0.15) is 12.0 Å².